The molecule has 0 aliphatic heterocycles. The number of benzene rings is 1. The van der Waals surface area contributed by atoms with E-state index in [4.69, 9.17) is 5.73 Å². The van der Waals surface area contributed by atoms with Gasteiger partial charge in [-0.05, 0) is 37.8 Å². The Hall–Kier alpha value is -2.18. The quantitative estimate of drug-likeness (QED) is 0.884. The fourth-order valence-electron chi connectivity index (χ4n) is 3.47. The van der Waals surface area contributed by atoms with Crippen LogP contribution in [0.5, 0.6) is 0 Å². The number of nitrogens with zero attached hydrogens (tertiary/aromatic N) is 3. The molecule has 134 valence electrons. The molecule has 1 aromatic carbocycles. The summed E-state index contributed by atoms with van der Waals surface area (Å²) in [6.07, 6.45) is 5.11. The number of nitrogens with two attached hydrogens (primary N) is 1. The average Bonchev–Trinajstić information content (AvgIpc) is 3.05. The highest BCUT2D eigenvalue weighted by molar-refractivity contribution is 5.78. The van der Waals surface area contributed by atoms with Crippen molar-refractivity contribution in [3.63, 3.8) is 0 Å². The molecule has 0 spiro atoms. The lowest BCUT2D eigenvalue weighted by Gasteiger charge is -2.32. The monoisotopic (exact) mass is 342 g/mol. The molecule has 0 saturated heterocycles. The molecule has 0 radical (unpaired) electrons. The number of aliphatic hydroxyl groups is 1. The molecule has 1 heterocycles. The Morgan fingerprint density at radius 1 is 1.40 bits per heavy atom. The van der Waals surface area contributed by atoms with Gasteiger partial charge in [-0.2, -0.15) is 5.10 Å². The van der Waals surface area contributed by atoms with Crippen LogP contribution in [0.4, 0.5) is 0 Å². The molecule has 6 heteroatoms. The average molecular weight is 342 g/mol. The second-order valence-corrected chi connectivity index (χ2v) is 7.02. The largest absolute Gasteiger partial charge is 0.392 e. The van der Waals surface area contributed by atoms with Crippen molar-refractivity contribution in [2.75, 3.05) is 7.05 Å². The van der Waals surface area contributed by atoms with Crippen LogP contribution in [0.25, 0.3) is 5.69 Å². The number of amides is 1. The van der Waals surface area contributed by atoms with Gasteiger partial charge in [0, 0.05) is 37.3 Å². The summed E-state index contributed by atoms with van der Waals surface area (Å²) in [5, 5.41) is 14.1. The number of aromatic nitrogens is 2. The number of hydrogen-bond donors (Lipinski definition) is 2. The van der Waals surface area contributed by atoms with Crippen molar-refractivity contribution in [2.24, 2.45) is 11.7 Å². The molecule has 3 N–H and O–H groups in total. The number of carbonyl (C=O) groups is 1. The van der Waals surface area contributed by atoms with Gasteiger partial charge in [-0.15, -0.1) is 0 Å². The zero-order valence-electron chi connectivity index (χ0n) is 14.8. The Balaban J connectivity index is 1.64. The van der Waals surface area contributed by atoms with Crippen LogP contribution < -0.4 is 5.73 Å². The van der Waals surface area contributed by atoms with E-state index < -0.39 is 6.10 Å². The SMILES string of the molecule is Cc1ccccc1-n1cc(CN(C)C(=O)[C@H]2CC[C@@H](O)[C@H](N)C2)cn1. The molecular weight excluding hydrogens is 316 g/mol. The predicted octanol–water partition coefficient (Wildman–Crippen LogP) is 1.63. The van der Waals surface area contributed by atoms with Crippen molar-refractivity contribution in [1.82, 2.24) is 14.7 Å². The van der Waals surface area contributed by atoms with Gasteiger partial charge in [-0.1, -0.05) is 18.2 Å². The first-order chi connectivity index (χ1) is 12.0. The Morgan fingerprint density at radius 3 is 2.88 bits per heavy atom. The topological polar surface area (TPSA) is 84.4 Å². The molecule has 1 aromatic heterocycles. The van der Waals surface area contributed by atoms with Gasteiger partial charge in [-0.3, -0.25) is 4.79 Å². The lowest BCUT2D eigenvalue weighted by Crippen LogP contribution is -2.45. The summed E-state index contributed by atoms with van der Waals surface area (Å²) in [6, 6.07) is 7.75. The summed E-state index contributed by atoms with van der Waals surface area (Å²) in [7, 11) is 1.81. The molecule has 1 fully saturated rings. The first kappa shape index (κ1) is 17.6. The number of aliphatic hydroxyl groups excluding tert-OH is 1. The molecule has 3 atom stereocenters. The van der Waals surface area contributed by atoms with Gasteiger partial charge < -0.3 is 15.7 Å². The summed E-state index contributed by atoms with van der Waals surface area (Å²) in [5.74, 6) is -0.0131. The maximum Gasteiger partial charge on any atom is 0.225 e. The second kappa shape index (κ2) is 7.37. The molecule has 1 aliphatic rings. The molecule has 6 nitrogen and oxygen atoms in total. The van der Waals surface area contributed by atoms with Gasteiger partial charge in [0.2, 0.25) is 5.91 Å². The highest BCUT2D eigenvalue weighted by Crippen LogP contribution is 2.25. The maximum atomic E-state index is 12.6. The van der Waals surface area contributed by atoms with Gasteiger partial charge in [0.1, 0.15) is 0 Å². The Bertz CT molecular complexity index is 743. The normalized spacial score (nSPS) is 23.4. The van der Waals surface area contributed by atoms with Crippen molar-refractivity contribution in [2.45, 2.75) is 44.9 Å². The number of aryl methyl sites for hydroxylation is 1. The smallest absolute Gasteiger partial charge is 0.225 e. The number of para-hydroxylation sites is 1. The molecule has 25 heavy (non-hydrogen) atoms. The molecular formula is C19H26N4O2. The summed E-state index contributed by atoms with van der Waals surface area (Å²) in [4.78, 5) is 14.4. The second-order valence-electron chi connectivity index (χ2n) is 7.02. The molecule has 3 rings (SSSR count). The third-order valence-corrected chi connectivity index (χ3v) is 5.01. The number of hydrogen-bond acceptors (Lipinski definition) is 4. The van der Waals surface area contributed by atoms with Crippen LogP contribution >= 0.6 is 0 Å². The van der Waals surface area contributed by atoms with Gasteiger partial charge in [0.15, 0.2) is 0 Å². The molecule has 1 amide bonds. The van der Waals surface area contributed by atoms with Crippen LogP contribution in [-0.4, -0.2) is 44.9 Å². The third kappa shape index (κ3) is 3.91. The number of carbonyl (C=O) groups excluding carboxylic acids is 1. The first-order valence-corrected chi connectivity index (χ1v) is 8.74. The predicted molar refractivity (Wildman–Crippen MR) is 96.1 cm³/mol. The summed E-state index contributed by atoms with van der Waals surface area (Å²) < 4.78 is 1.84. The first-order valence-electron chi connectivity index (χ1n) is 8.74. The van der Waals surface area contributed by atoms with Gasteiger partial charge in [-0.25, -0.2) is 4.68 Å². The van der Waals surface area contributed by atoms with Crippen LogP contribution in [0.2, 0.25) is 0 Å². The molecule has 0 unspecified atom stereocenters. The number of rotatable bonds is 4. The van der Waals surface area contributed by atoms with Crippen molar-refractivity contribution in [3.8, 4) is 5.69 Å². The van der Waals surface area contributed by atoms with E-state index in [-0.39, 0.29) is 17.9 Å². The van der Waals surface area contributed by atoms with Crippen molar-refractivity contribution < 1.29 is 9.90 Å². The molecule has 1 aliphatic carbocycles. The van der Waals surface area contributed by atoms with Crippen LogP contribution in [-0.2, 0) is 11.3 Å². The van der Waals surface area contributed by atoms with Crippen molar-refractivity contribution >= 4 is 5.91 Å². The van der Waals surface area contributed by atoms with E-state index in [1.54, 1.807) is 11.1 Å². The van der Waals surface area contributed by atoms with Gasteiger partial charge in [0.25, 0.3) is 0 Å². The minimum absolute atomic E-state index is 0.0889. The standard InChI is InChI=1S/C19H26N4O2/c1-13-5-3-4-6-17(13)23-12-14(10-21-23)11-22(2)19(25)15-7-8-18(24)16(20)9-15/h3-6,10,12,15-16,18,24H,7-9,11,20H2,1-2H3/t15-,16+,18+/m0/s1. The lowest BCUT2D eigenvalue weighted by atomic mass is 9.83. The highest BCUT2D eigenvalue weighted by Gasteiger charge is 2.32. The van der Waals surface area contributed by atoms with Gasteiger partial charge >= 0.3 is 0 Å². The third-order valence-electron chi connectivity index (χ3n) is 5.01. The lowest BCUT2D eigenvalue weighted by molar-refractivity contribution is -0.136. The molecule has 2 aromatic rings. The summed E-state index contributed by atoms with van der Waals surface area (Å²) >= 11 is 0. The van der Waals surface area contributed by atoms with Crippen molar-refractivity contribution in [1.29, 1.82) is 0 Å². The Morgan fingerprint density at radius 2 is 2.16 bits per heavy atom. The van der Waals surface area contributed by atoms with E-state index in [1.807, 2.05) is 49.1 Å². The Labute approximate surface area is 148 Å². The van der Waals surface area contributed by atoms with Gasteiger partial charge in [0.05, 0.1) is 18.0 Å². The zero-order chi connectivity index (χ0) is 18.0. The fourth-order valence-corrected chi connectivity index (χ4v) is 3.47. The molecule has 0 bridgehead atoms. The minimum Gasteiger partial charge on any atom is -0.392 e. The van der Waals surface area contributed by atoms with E-state index in [9.17, 15) is 9.90 Å². The van der Waals surface area contributed by atoms with E-state index >= 15 is 0 Å². The maximum absolute atomic E-state index is 12.6. The van der Waals surface area contributed by atoms with Crippen LogP contribution in [0.3, 0.4) is 0 Å². The van der Waals surface area contributed by atoms with E-state index in [0.29, 0.717) is 25.8 Å². The van der Waals surface area contributed by atoms with Crippen molar-refractivity contribution in [3.05, 3.63) is 47.8 Å². The van der Waals surface area contributed by atoms with Crippen LogP contribution in [0.1, 0.15) is 30.4 Å². The van der Waals surface area contributed by atoms with E-state index in [1.165, 1.54) is 0 Å². The van der Waals surface area contributed by atoms with Crippen LogP contribution in [0.15, 0.2) is 36.7 Å². The zero-order valence-corrected chi connectivity index (χ0v) is 14.8. The summed E-state index contributed by atoms with van der Waals surface area (Å²) in [6.45, 7) is 2.56. The van der Waals surface area contributed by atoms with E-state index in [0.717, 1.165) is 16.8 Å². The molecule has 1 saturated carbocycles. The Kier molecular flexibility index (Phi) is 5.20. The highest BCUT2D eigenvalue weighted by atomic mass is 16.3. The minimum atomic E-state index is -0.485. The summed E-state index contributed by atoms with van der Waals surface area (Å²) in [5.41, 5.74) is 9.08. The fraction of sp³-hybridized carbons (Fsp3) is 0.474. The van der Waals surface area contributed by atoms with Crippen LogP contribution in [0, 0.1) is 12.8 Å². The van der Waals surface area contributed by atoms with E-state index in [2.05, 4.69) is 5.10 Å².